The Bertz CT molecular complexity index is 635. The van der Waals surface area contributed by atoms with Gasteiger partial charge in [0.2, 0.25) is 0 Å². The van der Waals surface area contributed by atoms with Crippen molar-refractivity contribution in [1.82, 2.24) is 0 Å². The summed E-state index contributed by atoms with van der Waals surface area (Å²) in [5.41, 5.74) is 5.65. The van der Waals surface area contributed by atoms with E-state index in [1.165, 1.54) is 23.1 Å². The van der Waals surface area contributed by atoms with E-state index in [0.29, 0.717) is 5.92 Å². The maximum absolute atomic E-state index is 12.5. The maximum atomic E-state index is 12.5. The molecule has 0 aliphatic heterocycles. The number of carbonyl (C=O) groups is 1. The molecule has 0 unspecified atom stereocenters. The van der Waals surface area contributed by atoms with Gasteiger partial charge in [-0.05, 0) is 47.9 Å². The molecular formula is C19H20O. The van der Waals surface area contributed by atoms with Crippen molar-refractivity contribution in [2.75, 3.05) is 0 Å². The van der Waals surface area contributed by atoms with Crippen molar-refractivity contribution in [2.45, 2.75) is 39.0 Å². The molecule has 3 rings (SSSR count). The van der Waals surface area contributed by atoms with Gasteiger partial charge in [0.1, 0.15) is 0 Å². The fraction of sp³-hybridized carbons (Fsp3) is 0.316. The fourth-order valence-electron chi connectivity index (χ4n) is 2.90. The van der Waals surface area contributed by atoms with Gasteiger partial charge in [0.15, 0.2) is 5.78 Å². The van der Waals surface area contributed by atoms with Crippen molar-refractivity contribution in [3.05, 3.63) is 70.3 Å². The fourth-order valence-corrected chi connectivity index (χ4v) is 2.90. The minimum atomic E-state index is 0.134. The van der Waals surface area contributed by atoms with Crippen LogP contribution in [0.2, 0.25) is 0 Å². The average molecular weight is 264 g/mol. The van der Waals surface area contributed by atoms with Crippen LogP contribution in [0.25, 0.3) is 0 Å². The lowest BCUT2D eigenvalue weighted by molar-refractivity contribution is 0.103. The number of hydrogen-bond donors (Lipinski definition) is 0. The van der Waals surface area contributed by atoms with Gasteiger partial charge in [-0.15, -0.1) is 0 Å². The second-order valence-corrected chi connectivity index (χ2v) is 5.94. The Hall–Kier alpha value is -1.89. The molecule has 102 valence electrons. The highest BCUT2D eigenvalue weighted by atomic mass is 16.1. The molecule has 0 radical (unpaired) electrons. The third kappa shape index (κ3) is 2.40. The summed E-state index contributed by atoms with van der Waals surface area (Å²) < 4.78 is 0. The number of rotatable bonds is 3. The molecule has 0 aromatic heterocycles. The van der Waals surface area contributed by atoms with E-state index in [1.54, 1.807) is 0 Å². The summed E-state index contributed by atoms with van der Waals surface area (Å²) in [7, 11) is 0. The van der Waals surface area contributed by atoms with Gasteiger partial charge in [-0.2, -0.15) is 0 Å². The van der Waals surface area contributed by atoms with Crippen molar-refractivity contribution >= 4 is 5.78 Å². The number of aryl methyl sites for hydroxylation is 2. The zero-order valence-electron chi connectivity index (χ0n) is 12.1. The molecule has 0 amide bonds. The maximum Gasteiger partial charge on any atom is 0.193 e. The van der Waals surface area contributed by atoms with E-state index in [0.717, 1.165) is 24.0 Å². The monoisotopic (exact) mass is 264 g/mol. The third-order valence-corrected chi connectivity index (χ3v) is 4.20. The summed E-state index contributed by atoms with van der Waals surface area (Å²) in [6.07, 6.45) is 3.49. The molecule has 0 N–H and O–H groups in total. The smallest absolute Gasteiger partial charge is 0.193 e. The molecule has 1 aliphatic carbocycles. The van der Waals surface area contributed by atoms with Crippen LogP contribution < -0.4 is 0 Å². The average Bonchev–Trinajstić information content (AvgIpc) is 2.94. The second kappa shape index (κ2) is 5.24. The van der Waals surface area contributed by atoms with Gasteiger partial charge in [-0.3, -0.25) is 4.79 Å². The standard InChI is InChI=1S/C19H20O/c1-13(2)14-6-9-16(10-7-14)19(20)18-11-8-15-4-3-5-17(15)12-18/h6-13H,3-5H2,1-2H3. The van der Waals surface area contributed by atoms with Gasteiger partial charge in [-0.25, -0.2) is 0 Å². The van der Waals surface area contributed by atoms with Crippen LogP contribution in [0.15, 0.2) is 42.5 Å². The molecule has 0 bridgehead atoms. The molecule has 2 aromatic rings. The summed E-state index contributed by atoms with van der Waals surface area (Å²) in [6, 6.07) is 14.2. The summed E-state index contributed by atoms with van der Waals surface area (Å²) in [4.78, 5) is 12.5. The molecule has 0 heterocycles. The Morgan fingerprint density at radius 2 is 1.55 bits per heavy atom. The Morgan fingerprint density at radius 1 is 0.900 bits per heavy atom. The van der Waals surface area contributed by atoms with Crippen LogP contribution >= 0.6 is 0 Å². The Balaban J connectivity index is 1.88. The molecule has 0 saturated heterocycles. The van der Waals surface area contributed by atoms with Gasteiger partial charge in [0, 0.05) is 11.1 Å². The number of hydrogen-bond acceptors (Lipinski definition) is 1. The summed E-state index contributed by atoms with van der Waals surface area (Å²) in [6.45, 7) is 4.33. The number of benzene rings is 2. The zero-order valence-corrected chi connectivity index (χ0v) is 12.1. The van der Waals surface area contributed by atoms with E-state index in [-0.39, 0.29) is 5.78 Å². The number of fused-ring (bicyclic) bond motifs is 1. The van der Waals surface area contributed by atoms with Crippen LogP contribution in [0.5, 0.6) is 0 Å². The number of carbonyl (C=O) groups excluding carboxylic acids is 1. The lowest BCUT2D eigenvalue weighted by Crippen LogP contribution is -2.02. The molecule has 20 heavy (non-hydrogen) atoms. The highest BCUT2D eigenvalue weighted by Gasteiger charge is 2.15. The third-order valence-electron chi connectivity index (χ3n) is 4.20. The van der Waals surface area contributed by atoms with E-state index < -0.39 is 0 Å². The lowest BCUT2D eigenvalue weighted by atomic mass is 9.96. The van der Waals surface area contributed by atoms with Crippen LogP contribution in [0.3, 0.4) is 0 Å². The van der Waals surface area contributed by atoms with E-state index in [9.17, 15) is 4.79 Å². The van der Waals surface area contributed by atoms with Gasteiger partial charge in [0.25, 0.3) is 0 Å². The molecular weight excluding hydrogens is 244 g/mol. The van der Waals surface area contributed by atoms with Crippen molar-refractivity contribution in [2.24, 2.45) is 0 Å². The molecule has 1 nitrogen and oxygen atoms in total. The lowest BCUT2D eigenvalue weighted by Gasteiger charge is -2.07. The predicted molar refractivity (Wildman–Crippen MR) is 82.4 cm³/mol. The van der Waals surface area contributed by atoms with Crippen LogP contribution in [-0.4, -0.2) is 5.78 Å². The first-order chi connectivity index (χ1) is 9.65. The minimum Gasteiger partial charge on any atom is -0.289 e. The highest BCUT2D eigenvalue weighted by molar-refractivity contribution is 6.09. The summed E-state index contributed by atoms with van der Waals surface area (Å²) >= 11 is 0. The van der Waals surface area contributed by atoms with E-state index >= 15 is 0 Å². The molecule has 0 atom stereocenters. The zero-order chi connectivity index (χ0) is 14.1. The van der Waals surface area contributed by atoms with Gasteiger partial charge in [0.05, 0.1) is 0 Å². The molecule has 1 heteroatoms. The van der Waals surface area contributed by atoms with Crippen LogP contribution in [-0.2, 0) is 12.8 Å². The van der Waals surface area contributed by atoms with E-state index in [4.69, 9.17) is 0 Å². The SMILES string of the molecule is CC(C)c1ccc(C(=O)c2ccc3c(c2)CCC3)cc1. The van der Waals surface area contributed by atoms with Crippen molar-refractivity contribution < 1.29 is 4.79 Å². The first kappa shape index (κ1) is 13.1. The van der Waals surface area contributed by atoms with E-state index in [1.807, 2.05) is 18.2 Å². The van der Waals surface area contributed by atoms with Crippen molar-refractivity contribution in [1.29, 1.82) is 0 Å². The first-order valence-corrected chi connectivity index (χ1v) is 7.41. The minimum absolute atomic E-state index is 0.134. The van der Waals surface area contributed by atoms with Crippen molar-refractivity contribution in [3.63, 3.8) is 0 Å². The Labute approximate surface area is 120 Å². The van der Waals surface area contributed by atoms with Gasteiger partial charge >= 0.3 is 0 Å². The summed E-state index contributed by atoms with van der Waals surface area (Å²) in [5.74, 6) is 0.633. The normalized spacial score (nSPS) is 13.6. The molecule has 0 spiro atoms. The number of ketones is 1. The summed E-state index contributed by atoms with van der Waals surface area (Å²) in [5, 5.41) is 0. The topological polar surface area (TPSA) is 17.1 Å². The predicted octanol–water partition coefficient (Wildman–Crippen LogP) is 4.53. The molecule has 2 aromatic carbocycles. The molecule has 1 aliphatic rings. The van der Waals surface area contributed by atoms with Crippen molar-refractivity contribution in [3.8, 4) is 0 Å². The highest BCUT2D eigenvalue weighted by Crippen LogP contribution is 2.24. The largest absolute Gasteiger partial charge is 0.289 e. The van der Waals surface area contributed by atoms with E-state index in [2.05, 4.69) is 38.1 Å². The van der Waals surface area contributed by atoms with Gasteiger partial charge in [-0.1, -0.05) is 50.2 Å². The van der Waals surface area contributed by atoms with Gasteiger partial charge < -0.3 is 0 Å². The van der Waals surface area contributed by atoms with Crippen LogP contribution in [0, 0.1) is 0 Å². The van der Waals surface area contributed by atoms with Crippen LogP contribution in [0.4, 0.5) is 0 Å². The van der Waals surface area contributed by atoms with Crippen LogP contribution in [0.1, 0.15) is 58.8 Å². The Morgan fingerprint density at radius 3 is 2.25 bits per heavy atom. The second-order valence-electron chi connectivity index (χ2n) is 5.94. The molecule has 0 saturated carbocycles. The quantitative estimate of drug-likeness (QED) is 0.744. The first-order valence-electron chi connectivity index (χ1n) is 7.41. The Kier molecular flexibility index (Phi) is 3.43. The molecule has 0 fully saturated rings.